The second-order valence-corrected chi connectivity index (χ2v) is 6.59. The van der Waals surface area contributed by atoms with E-state index in [4.69, 9.17) is 11.6 Å². The van der Waals surface area contributed by atoms with Crippen LogP contribution in [0.4, 0.5) is 20.2 Å². The molecule has 2 aromatic carbocycles. The maximum atomic E-state index is 13.6. The summed E-state index contributed by atoms with van der Waals surface area (Å²) in [5.74, 6) is -2.48. The Morgan fingerprint density at radius 3 is 2.77 bits per heavy atom. The number of amidine groups is 1. The van der Waals surface area contributed by atoms with Crippen LogP contribution in [0, 0.1) is 11.6 Å². The molecule has 0 radical (unpaired) electrons. The van der Waals surface area contributed by atoms with Crippen LogP contribution >= 0.6 is 23.4 Å². The van der Waals surface area contributed by atoms with Gasteiger partial charge in [0.05, 0.1) is 22.2 Å². The van der Waals surface area contributed by atoms with E-state index in [1.165, 1.54) is 4.90 Å². The quantitative estimate of drug-likeness (QED) is 0.858. The fourth-order valence-electron chi connectivity index (χ4n) is 2.27. The Hall–Kier alpha value is -2.45. The molecule has 0 bridgehead atoms. The van der Waals surface area contributed by atoms with Crippen LogP contribution in [0.15, 0.2) is 47.5 Å². The van der Waals surface area contributed by atoms with Gasteiger partial charge in [-0.3, -0.25) is 19.5 Å². The summed E-state index contributed by atoms with van der Waals surface area (Å²) in [5, 5.41) is 3.07. The molecular formula is C17H12ClF2N3O2S. The Labute approximate surface area is 157 Å². The molecule has 2 amide bonds. The third-order valence-corrected chi connectivity index (χ3v) is 4.72. The number of nitrogens with zero attached hydrogens (tertiary/aromatic N) is 2. The number of carbonyl (C=O) groups excluding carboxylic acids is 2. The van der Waals surface area contributed by atoms with Crippen molar-refractivity contribution in [1.82, 2.24) is 0 Å². The minimum atomic E-state index is -0.866. The van der Waals surface area contributed by atoms with E-state index >= 15 is 0 Å². The average molecular weight is 396 g/mol. The lowest BCUT2D eigenvalue weighted by molar-refractivity contribution is -0.116. The molecule has 0 atom stereocenters. The van der Waals surface area contributed by atoms with Crippen molar-refractivity contribution in [2.24, 2.45) is 4.99 Å². The fourth-order valence-corrected chi connectivity index (χ4v) is 3.31. The number of halogens is 3. The van der Waals surface area contributed by atoms with Crippen molar-refractivity contribution < 1.29 is 18.4 Å². The molecule has 1 aliphatic rings. The summed E-state index contributed by atoms with van der Waals surface area (Å²) < 4.78 is 26.5. The first-order valence-electron chi connectivity index (χ1n) is 7.45. The van der Waals surface area contributed by atoms with Gasteiger partial charge in [0, 0.05) is 6.07 Å². The highest BCUT2D eigenvalue weighted by Gasteiger charge is 2.29. The first kappa shape index (κ1) is 18.3. The number of nitrogens with one attached hydrogen (secondary N) is 1. The molecule has 0 saturated carbocycles. The number of rotatable bonds is 4. The van der Waals surface area contributed by atoms with Gasteiger partial charge >= 0.3 is 0 Å². The molecule has 1 heterocycles. The molecule has 2 aromatic rings. The summed E-state index contributed by atoms with van der Waals surface area (Å²) in [6.45, 7) is -0.0399. The average Bonchev–Trinajstić information content (AvgIpc) is 2.97. The number of benzene rings is 2. The van der Waals surface area contributed by atoms with Crippen LogP contribution in [0.3, 0.4) is 0 Å². The normalized spacial score (nSPS) is 13.7. The minimum absolute atomic E-state index is 0.0399. The van der Waals surface area contributed by atoms with E-state index in [0.717, 1.165) is 23.9 Å². The number of hydrogen-bond donors (Lipinski definition) is 1. The molecule has 0 saturated heterocycles. The number of amides is 2. The van der Waals surface area contributed by atoms with E-state index in [0.29, 0.717) is 21.9 Å². The molecule has 134 valence electrons. The van der Waals surface area contributed by atoms with Gasteiger partial charge in [0.1, 0.15) is 18.2 Å². The minimum Gasteiger partial charge on any atom is -0.323 e. The van der Waals surface area contributed by atoms with Crippen molar-refractivity contribution in [3.63, 3.8) is 0 Å². The highest BCUT2D eigenvalue weighted by atomic mass is 35.5. The second kappa shape index (κ2) is 7.84. The second-order valence-electron chi connectivity index (χ2n) is 5.24. The summed E-state index contributed by atoms with van der Waals surface area (Å²) in [5.41, 5.74) is 0.359. The van der Waals surface area contributed by atoms with Gasteiger partial charge < -0.3 is 5.32 Å². The standard InChI is InChI=1S/C17H12ClF2N3O2S/c18-11-3-1-2-4-14(11)23-16(25)8-21-17(23)26-9-15(24)22-13-6-5-10(19)7-12(13)20/h1-7H,8-9H2,(H,22,24). The first-order chi connectivity index (χ1) is 12.5. The lowest BCUT2D eigenvalue weighted by Gasteiger charge is -2.19. The molecule has 0 unspecified atom stereocenters. The Morgan fingerprint density at radius 1 is 1.27 bits per heavy atom. The highest BCUT2D eigenvalue weighted by molar-refractivity contribution is 8.14. The first-order valence-corrected chi connectivity index (χ1v) is 8.81. The lowest BCUT2D eigenvalue weighted by atomic mass is 10.3. The van der Waals surface area contributed by atoms with E-state index in [1.54, 1.807) is 24.3 Å². The van der Waals surface area contributed by atoms with Gasteiger partial charge in [-0.05, 0) is 24.3 Å². The number of para-hydroxylation sites is 1. The topological polar surface area (TPSA) is 61.8 Å². The van der Waals surface area contributed by atoms with Crippen molar-refractivity contribution in [3.8, 4) is 0 Å². The largest absolute Gasteiger partial charge is 0.323 e. The molecule has 9 heteroatoms. The Balaban J connectivity index is 1.66. The summed E-state index contributed by atoms with van der Waals surface area (Å²) in [6, 6.07) is 9.66. The molecule has 5 nitrogen and oxygen atoms in total. The number of aliphatic imine (C=N–C) groups is 1. The lowest BCUT2D eigenvalue weighted by Crippen LogP contribution is -2.32. The van der Waals surface area contributed by atoms with Crippen molar-refractivity contribution in [2.45, 2.75) is 0 Å². The summed E-state index contributed by atoms with van der Waals surface area (Å²) in [7, 11) is 0. The molecule has 0 aromatic heterocycles. The number of hydrogen-bond acceptors (Lipinski definition) is 4. The molecule has 0 spiro atoms. The summed E-state index contributed by atoms with van der Waals surface area (Å²) in [6.07, 6.45) is 0. The van der Waals surface area contributed by atoms with Crippen LogP contribution < -0.4 is 10.2 Å². The molecule has 1 aliphatic heterocycles. The molecule has 26 heavy (non-hydrogen) atoms. The van der Waals surface area contributed by atoms with Crippen LogP contribution in [-0.4, -0.2) is 29.3 Å². The third-order valence-electron chi connectivity index (χ3n) is 3.42. The zero-order chi connectivity index (χ0) is 18.7. The molecule has 3 rings (SSSR count). The van der Waals surface area contributed by atoms with Crippen LogP contribution in [0.25, 0.3) is 0 Å². The Kier molecular flexibility index (Phi) is 5.53. The van der Waals surface area contributed by atoms with Crippen molar-refractivity contribution >= 4 is 51.7 Å². The van der Waals surface area contributed by atoms with E-state index in [1.807, 2.05) is 0 Å². The number of thioether (sulfide) groups is 1. The number of carbonyl (C=O) groups is 2. The van der Waals surface area contributed by atoms with Crippen LogP contribution in [-0.2, 0) is 9.59 Å². The molecule has 0 fully saturated rings. The van der Waals surface area contributed by atoms with Crippen LogP contribution in [0.2, 0.25) is 5.02 Å². The van der Waals surface area contributed by atoms with E-state index in [2.05, 4.69) is 10.3 Å². The summed E-state index contributed by atoms with van der Waals surface area (Å²) in [4.78, 5) is 29.6. The van der Waals surface area contributed by atoms with Gasteiger partial charge in [-0.15, -0.1) is 0 Å². The molecular weight excluding hydrogens is 384 g/mol. The Bertz CT molecular complexity index is 907. The molecule has 0 aliphatic carbocycles. The SMILES string of the molecule is O=C(CSC1=NCC(=O)N1c1ccccc1Cl)Nc1ccc(F)cc1F. The van der Waals surface area contributed by atoms with Gasteiger partial charge in [0.15, 0.2) is 5.17 Å². The zero-order valence-electron chi connectivity index (χ0n) is 13.2. The predicted octanol–water partition coefficient (Wildman–Crippen LogP) is 3.69. The summed E-state index contributed by atoms with van der Waals surface area (Å²) >= 11 is 7.15. The highest BCUT2D eigenvalue weighted by Crippen LogP contribution is 2.30. The van der Waals surface area contributed by atoms with Crippen LogP contribution in [0.1, 0.15) is 0 Å². The Morgan fingerprint density at radius 2 is 2.04 bits per heavy atom. The van der Waals surface area contributed by atoms with E-state index in [-0.39, 0.29) is 23.9 Å². The predicted molar refractivity (Wildman–Crippen MR) is 98.7 cm³/mol. The zero-order valence-corrected chi connectivity index (χ0v) is 14.8. The van der Waals surface area contributed by atoms with Crippen LogP contribution in [0.5, 0.6) is 0 Å². The van der Waals surface area contributed by atoms with Gasteiger partial charge in [-0.25, -0.2) is 8.78 Å². The maximum absolute atomic E-state index is 13.6. The van der Waals surface area contributed by atoms with E-state index < -0.39 is 17.5 Å². The maximum Gasteiger partial charge on any atom is 0.254 e. The fraction of sp³-hybridized carbons (Fsp3) is 0.118. The third kappa shape index (κ3) is 4.03. The van der Waals surface area contributed by atoms with Crippen molar-refractivity contribution in [1.29, 1.82) is 0 Å². The van der Waals surface area contributed by atoms with Crippen molar-refractivity contribution in [3.05, 3.63) is 59.1 Å². The van der Waals surface area contributed by atoms with Gasteiger partial charge in [-0.2, -0.15) is 0 Å². The smallest absolute Gasteiger partial charge is 0.254 e. The van der Waals surface area contributed by atoms with Gasteiger partial charge in [-0.1, -0.05) is 35.5 Å². The number of anilines is 2. The monoisotopic (exact) mass is 395 g/mol. The molecule has 1 N–H and O–H groups in total. The van der Waals surface area contributed by atoms with Gasteiger partial charge in [0.25, 0.3) is 5.91 Å². The van der Waals surface area contributed by atoms with E-state index in [9.17, 15) is 18.4 Å². The van der Waals surface area contributed by atoms with Crippen molar-refractivity contribution in [2.75, 3.05) is 22.5 Å². The van der Waals surface area contributed by atoms with Gasteiger partial charge in [0.2, 0.25) is 5.91 Å².